The van der Waals surface area contributed by atoms with E-state index in [0.29, 0.717) is 40.8 Å². The lowest BCUT2D eigenvalue weighted by Gasteiger charge is -2.51. The van der Waals surface area contributed by atoms with Crippen molar-refractivity contribution in [2.45, 2.75) is 106 Å². The van der Waals surface area contributed by atoms with Gasteiger partial charge in [0.1, 0.15) is 65.8 Å². The molecule has 72 heavy (non-hydrogen) atoms. The average molecular weight is 1020 g/mol. The Bertz CT molecular complexity index is 2980. The van der Waals surface area contributed by atoms with E-state index in [1.807, 2.05) is 13.8 Å². The molecule has 384 valence electrons. The summed E-state index contributed by atoms with van der Waals surface area (Å²) in [5.74, 6) is -3.49. The molecule has 2 amide bonds. The number of esters is 2. The van der Waals surface area contributed by atoms with Crippen LogP contribution in [0.5, 0.6) is 5.75 Å². The number of Topliss-reactive ketones (excluding diaryl/α,β-unsaturated/α-hetero) is 2. The molecule has 10 rings (SSSR count). The SMILES string of the molecule is CC1(C)S[C@@H]2[C@H](NC(=O)[C@H](N)c3ccc(O)cc3)C(=O)N2[C@H]1C(=O)O.COC[C@H]1OC(=O)c2coc3c2[C@@]1(C)C1=C(C3=O)C2CCC(=O)[C@@]2(C)C[C@H]1OC(C)=O.Nc1nc2c(ncn2COCCO)c(=O)[nH]1. The fraction of sp³-hybridized carbons (Fsp3) is 0.489. The minimum atomic E-state index is -1.06. The summed E-state index contributed by atoms with van der Waals surface area (Å²) in [7, 11) is 1.50. The molecule has 4 aromatic rings. The number of aromatic nitrogens is 4. The van der Waals surface area contributed by atoms with E-state index in [0.717, 1.165) is 0 Å². The minimum Gasteiger partial charge on any atom is -0.508 e. The first-order valence-corrected chi connectivity index (χ1v) is 23.7. The van der Waals surface area contributed by atoms with E-state index < -0.39 is 81.0 Å². The summed E-state index contributed by atoms with van der Waals surface area (Å²) in [6, 6.07) is 3.21. The van der Waals surface area contributed by atoms with Crippen LogP contribution in [0.2, 0.25) is 0 Å². The van der Waals surface area contributed by atoms with Crippen LogP contribution in [0.15, 0.2) is 57.2 Å². The number of ether oxygens (including phenoxy) is 4. The van der Waals surface area contributed by atoms with Crippen molar-refractivity contribution in [1.82, 2.24) is 29.7 Å². The zero-order chi connectivity index (χ0) is 52.4. The smallest absolute Gasteiger partial charge is 0.342 e. The predicted octanol–water partition coefficient (Wildman–Crippen LogP) is 1.23. The zero-order valence-electron chi connectivity index (χ0n) is 40.0. The number of ketones is 2. The van der Waals surface area contributed by atoms with Crippen LogP contribution in [0.3, 0.4) is 0 Å². The average Bonchev–Trinajstić information content (AvgIpc) is 4.08. The largest absolute Gasteiger partial charge is 0.508 e. The van der Waals surface area contributed by atoms with Gasteiger partial charge in [0.2, 0.25) is 23.5 Å². The molecule has 3 fully saturated rings. The van der Waals surface area contributed by atoms with Gasteiger partial charge in [-0.25, -0.2) is 14.6 Å². The second kappa shape index (κ2) is 19.2. The number of carboxylic acids is 1. The number of furan rings is 1. The van der Waals surface area contributed by atoms with Crippen LogP contribution in [-0.2, 0) is 55.1 Å². The van der Waals surface area contributed by atoms with Crippen LogP contribution in [0.25, 0.3) is 11.2 Å². The summed E-state index contributed by atoms with van der Waals surface area (Å²) >= 11 is 1.35. The molecule has 9 N–H and O–H groups in total. The Labute approximate surface area is 413 Å². The van der Waals surface area contributed by atoms with Crippen molar-refractivity contribution in [3.05, 3.63) is 80.8 Å². The molecule has 1 aromatic carbocycles. The molecule has 0 spiro atoms. The van der Waals surface area contributed by atoms with E-state index in [2.05, 4.69) is 20.3 Å². The molecular formula is C47H54N8O16S. The molecule has 3 aromatic heterocycles. The maximum atomic E-state index is 13.7. The number of hydrogen-bond acceptors (Lipinski definition) is 20. The number of hydrogen-bond donors (Lipinski definition) is 7. The molecule has 0 radical (unpaired) electrons. The number of nitrogens with one attached hydrogen (secondary N) is 2. The van der Waals surface area contributed by atoms with Gasteiger partial charge in [0, 0.05) is 54.1 Å². The maximum absolute atomic E-state index is 13.7. The number of aliphatic hydroxyl groups is 1. The van der Waals surface area contributed by atoms with Gasteiger partial charge in [-0.15, -0.1) is 11.8 Å². The number of carbonyl (C=O) groups excluding carboxylic acids is 6. The predicted molar refractivity (Wildman–Crippen MR) is 251 cm³/mol. The number of β-lactam (4-membered cyclic amide) rings is 1. The van der Waals surface area contributed by atoms with Gasteiger partial charge in [0.25, 0.3) is 5.56 Å². The van der Waals surface area contributed by atoms with Crippen LogP contribution >= 0.6 is 11.8 Å². The number of carboxylic acid groups (broad SMARTS) is 1. The van der Waals surface area contributed by atoms with Gasteiger partial charge < -0.3 is 60.4 Å². The van der Waals surface area contributed by atoms with Gasteiger partial charge in [0.05, 0.1) is 31.6 Å². The Morgan fingerprint density at radius 3 is 2.46 bits per heavy atom. The normalized spacial score (nSPS) is 27.7. The van der Waals surface area contributed by atoms with Crippen molar-refractivity contribution in [2.24, 2.45) is 17.1 Å². The minimum absolute atomic E-state index is 0.0291. The highest BCUT2D eigenvalue weighted by atomic mass is 32.2. The van der Waals surface area contributed by atoms with Crippen LogP contribution in [0.4, 0.5) is 5.95 Å². The van der Waals surface area contributed by atoms with Crippen LogP contribution in [0, 0.1) is 11.3 Å². The maximum Gasteiger partial charge on any atom is 0.342 e. The fourth-order valence-electron chi connectivity index (χ4n) is 10.8. The van der Waals surface area contributed by atoms with Crippen molar-refractivity contribution in [3.8, 4) is 5.75 Å². The number of nitrogen functional groups attached to an aromatic ring is 1. The molecular weight excluding hydrogens is 965 g/mol. The molecule has 24 nitrogen and oxygen atoms in total. The van der Waals surface area contributed by atoms with E-state index in [9.17, 15) is 48.6 Å². The van der Waals surface area contributed by atoms with Gasteiger partial charge in [-0.3, -0.25) is 38.3 Å². The lowest BCUT2D eigenvalue weighted by molar-refractivity contribution is -0.161. The van der Waals surface area contributed by atoms with Crippen molar-refractivity contribution < 1.29 is 72.2 Å². The number of H-pyrrole nitrogens is 1. The van der Waals surface area contributed by atoms with Gasteiger partial charge in [0.15, 0.2) is 16.9 Å². The second-order valence-electron chi connectivity index (χ2n) is 19.0. The molecule has 0 bridgehead atoms. The molecule has 2 saturated heterocycles. The number of nitrogens with two attached hydrogens (primary N) is 2. The van der Waals surface area contributed by atoms with Crippen LogP contribution < -0.4 is 22.3 Å². The summed E-state index contributed by atoms with van der Waals surface area (Å²) in [6.45, 7) is 8.95. The summed E-state index contributed by atoms with van der Waals surface area (Å²) in [6.07, 6.45) is 2.34. The molecule has 6 heterocycles. The number of imidazole rings is 1. The molecule has 1 unspecified atom stereocenters. The number of methoxy groups -OCH3 is 1. The third kappa shape index (κ3) is 8.60. The second-order valence-corrected chi connectivity index (χ2v) is 20.8. The third-order valence-corrected chi connectivity index (χ3v) is 15.7. The van der Waals surface area contributed by atoms with E-state index in [1.54, 1.807) is 13.8 Å². The highest BCUT2D eigenvalue weighted by Crippen LogP contribution is 2.61. The number of allylic oxidation sites excluding steroid dienone is 1. The van der Waals surface area contributed by atoms with Gasteiger partial charge >= 0.3 is 17.9 Å². The number of fused-ring (bicyclic) bond motifs is 5. The first kappa shape index (κ1) is 51.4. The lowest BCUT2D eigenvalue weighted by atomic mass is 9.54. The Morgan fingerprint density at radius 2 is 1.81 bits per heavy atom. The molecule has 3 aliphatic heterocycles. The number of phenols is 1. The first-order valence-electron chi connectivity index (χ1n) is 22.8. The Balaban J connectivity index is 0.000000152. The van der Waals surface area contributed by atoms with Gasteiger partial charge in [-0.1, -0.05) is 19.1 Å². The van der Waals surface area contributed by atoms with E-state index in [4.69, 9.17) is 39.9 Å². The highest BCUT2D eigenvalue weighted by Gasteiger charge is 2.66. The fourth-order valence-corrected chi connectivity index (χ4v) is 12.4. The quantitative estimate of drug-likeness (QED) is 0.0631. The molecule has 1 saturated carbocycles. The first-order chi connectivity index (χ1) is 34.0. The number of thioether (sulfide) groups is 1. The van der Waals surface area contributed by atoms with Gasteiger partial charge in [-0.2, -0.15) is 4.98 Å². The van der Waals surface area contributed by atoms with Crippen molar-refractivity contribution in [2.75, 3.05) is 32.7 Å². The number of carbonyl (C=O) groups is 7. The van der Waals surface area contributed by atoms with E-state index in [1.165, 1.54) is 72.1 Å². The molecule has 6 aliphatic rings. The summed E-state index contributed by atoms with van der Waals surface area (Å²) in [5, 5.41) is 29.4. The number of aliphatic hydroxyl groups excluding tert-OH is 1. The number of aromatic hydroxyl groups is 1. The highest BCUT2D eigenvalue weighted by molar-refractivity contribution is 8.01. The topological polar surface area (TPSA) is 361 Å². The zero-order valence-corrected chi connectivity index (χ0v) is 40.8. The lowest BCUT2D eigenvalue weighted by Crippen LogP contribution is -2.71. The number of amides is 2. The van der Waals surface area contributed by atoms with Crippen molar-refractivity contribution in [1.29, 1.82) is 0 Å². The number of benzene rings is 1. The van der Waals surface area contributed by atoms with E-state index >= 15 is 0 Å². The van der Waals surface area contributed by atoms with Crippen molar-refractivity contribution >= 4 is 70.2 Å². The van der Waals surface area contributed by atoms with E-state index in [-0.39, 0.29) is 84.6 Å². The Morgan fingerprint density at radius 1 is 1.10 bits per heavy atom. The number of nitrogens with zero attached hydrogens (tertiary/aromatic N) is 4. The third-order valence-electron chi connectivity index (χ3n) is 14.2. The molecule has 3 aliphatic carbocycles. The number of rotatable bonds is 11. The van der Waals surface area contributed by atoms with Crippen LogP contribution in [0.1, 0.15) is 92.0 Å². The molecule has 9 atom stereocenters. The monoisotopic (exact) mass is 1020 g/mol. The number of aliphatic carboxylic acids is 1. The van der Waals surface area contributed by atoms with Crippen molar-refractivity contribution in [3.63, 3.8) is 0 Å². The standard InChI is InChI=1S/C23H24O8.C16H19N3O5S.C8H11N5O3/c1-10(24)30-13-7-22(2)12(5-6-14(22)25)16-18(13)23(3)15(9-28-4)31-21(27)11-8-29-20(17(11)23)19(16)26;1-16(2)11(15(23)24)19-13(22)10(14(19)25-16)18-12(21)9(17)7-3-5-8(20)6-4-7;9-8-11-6-5(7(15)12-8)10-3-13(6)4-16-2-1-14/h8,12-13,15H,5-7,9H2,1-4H3;3-6,9-11,14,20H,17H2,1-2H3,(H,18,21)(H,23,24);3,14H,1-2,4H2,(H3,9,11,12,15)/t12?,13-,15-,22+,23+;9-,10-,11+,14-;/m11./s1. The number of aromatic amines is 1. The summed E-state index contributed by atoms with van der Waals surface area (Å²) < 4.78 is 28.4. The van der Waals surface area contributed by atoms with Crippen LogP contribution in [-0.4, -0.2) is 142 Å². The molecule has 25 heteroatoms. The summed E-state index contributed by atoms with van der Waals surface area (Å²) in [5.41, 5.74) is 11.9. The Kier molecular flexibility index (Phi) is 13.7. The Hall–Kier alpha value is -6.93. The number of phenolic OH excluding ortho intramolecular Hbond substituents is 1. The number of cyclic esters (lactones) is 1. The van der Waals surface area contributed by atoms with Gasteiger partial charge in [-0.05, 0) is 50.5 Å². The number of anilines is 1. The summed E-state index contributed by atoms with van der Waals surface area (Å²) in [4.78, 5) is 110.